The van der Waals surface area contributed by atoms with Crippen molar-refractivity contribution in [3.05, 3.63) is 84.2 Å². The topological polar surface area (TPSA) is 56.1 Å². The lowest BCUT2D eigenvalue weighted by Gasteiger charge is -2.05. The molecule has 1 N–H and O–H groups in total. The van der Waals surface area contributed by atoms with Gasteiger partial charge in [0.2, 0.25) is 5.91 Å². The van der Waals surface area contributed by atoms with Crippen molar-refractivity contribution in [2.24, 2.45) is 0 Å². The molecule has 0 aliphatic heterocycles. The van der Waals surface area contributed by atoms with Crippen LogP contribution >= 0.6 is 0 Å². The lowest BCUT2D eigenvalue weighted by Crippen LogP contribution is -2.20. The van der Waals surface area contributed by atoms with E-state index in [0.29, 0.717) is 6.54 Å². The third-order valence-corrected chi connectivity index (χ3v) is 3.69. The van der Waals surface area contributed by atoms with Gasteiger partial charge in [-0.3, -0.25) is 4.79 Å². The van der Waals surface area contributed by atoms with Gasteiger partial charge in [0.15, 0.2) is 0 Å². The van der Waals surface area contributed by atoms with E-state index in [1.54, 1.807) is 24.1 Å². The van der Waals surface area contributed by atoms with Gasteiger partial charge >= 0.3 is 0 Å². The number of aromatic nitrogens is 2. The number of nitrogens with zero attached hydrogens (tertiary/aromatic N) is 2. The van der Waals surface area contributed by atoms with Crippen molar-refractivity contribution in [1.82, 2.24) is 15.1 Å². The number of benzene rings is 2. The summed E-state index contributed by atoms with van der Waals surface area (Å²) in [7, 11) is 1.62. The molecule has 0 saturated heterocycles. The summed E-state index contributed by atoms with van der Waals surface area (Å²) in [6.07, 6.45) is 6.91. The van der Waals surface area contributed by atoms with Gasteiger partial charge in [-0.25, -0.2) is 4.68 Å². The molecule has 1 amide bonds. The highest BCUT2D eigenvalue weighted by atomic mass is 16.5. The Labute approximate surface area is 146 Å². The minimum Gasteiger partial charge on any atom is -0.497 e. The van der Waals surface area contributed by atoms with Gasteiger partial charge in [0.25, 0.3) is 0 Å². The molecule has 1 heterocycles. The minimum absolute atomic E-state index is 0.140. The molecule has 1 aromatic heterocycles. The predicted octanol–water partition coefficient (Wildman–Crippen LogP) is 3.21. The van der Waals surface area contributed by atoms with Gasteiger partial charge in [0, 0.05) is 25.0 Å². The average Bonchev–Trinajstić information content (AvgIpc) is 3.20. The summed E-state index contributed by atoms with van der Waals surface area (Å²) >= 11 is 0. The molecule has 0 saturated carbocycles. The maximum absolute atomic E-state index is 12.0. The number of rotatable bonds is 6. The van der Waals surface area contributed by atoms with Crippen LogP contribution in [0.5, 0.6) is 5.75 Å². The molecule has 0 fully saturated rings. The number of ether oxygens (including phenoxy) is 1. The van der Waals surface area contributed by atoms with Gasteiger partial charge in [0.1, 0.15) is 5.75 Å². The first kappa shape index (κ1) is 16.5. The normalized spacial score (nSPS) is 10.8. The molecule has 126 valence electrons. The summed E-state index contributed by atoms with van der Waals surface area (Å²) in [6.45, 7) is 0.473. The van der Waals surface area contributed by atoms with Crippen LogP contribution in [0.2, 0.25) is 0 Å². The summed E-state index contributed by atoms with van der Waals surface area (Å²) in [5.74, 6) is 0.624. The van der Waals surface area contributed by atoms with Crippen molar-refractivity contribution < 1.29 is 9.53 Å². The summed E-state index contributed by atoms with van der Waals surface area (Å²) in [5.41, 5.74) is 2.93. The van der Waals surface area contributed by atoms with Crippen LogP contribution in [0, 0.1) is 0 Å². The van der Waals surface area contributed by atoms with E-state index in [1.807, 2.05) is 60.8 Å². The summed E-state index contributed by atoms with van der Waals surface area (Å²) in [4.78, 5) is 12.0. The molecule has 0 radical (unpaired) electrons. The van der Waals surface area contributed by atoms with E-state index in [-0.39, 0.29) is 5.91 Å². The predicted molar refractivity (Wildman–Crippen MR) is 97.4 cm³/mol. The number of carbonyl (C=O) groups excluding carboxylic acids is 1. The zero-order valence-electron chi connectivity index (χ0n) is 13.9. The molecule has 3 rings (SSSR count). The van der Waals surface area contributed by atoms with Crippen molar-refractivity contribution in [2.45, 2.75) is 6.54 Å². The second-order valence-electron chi connectivity index (χ2n) is 5.44. The standard InChI is InChI=1S/C20H19N3O2/c1-25-19-5-2-4-16(14-19)8-11-20(24)21-15-17-6-9-18(10-7-17)23-13-3-12-22-23/h2-14H,15H2,1H3,(H,21,24). The fourth-order valence-corrected chi connectivity index (χ4v) is 2.35. The highest BCUT2D eigenvalue weighted by molar-refractivity contribution is 5.91. The maximum Gasteiger partial charge on any atom is 0.244 e. The molecular weight excluding hydrogens is 314 g/mol. The summed E-state index contributed by atoms with van der Waals surface area (Å²) in [6, 6.07) is 17.3. The van der Waals surface area contributed by atoms with Gasteiger partial charge in [-0.2, -0.15) is 5.10 Å². The SMILES string of the molecule is COc1cccc(C=CC(=O)NCc2ccc(-n3cccn3)cc2)c1. The molecule has 3 aromatic rings. The fourth-order valence-electron chi connectivity index (χ4n) is 2.35. The van der Waals surface area contributed by atoms with E-state index in [4.69, 9.17) is 4.74 Å². The number of amides is 1. The first-order valence-corrected chi connectivity index (χ1v) is 7.93. The Hall–Kier alpha value is -3.34. The highest BCUT2D eigenvalue weighted by Crippen LogP contribution is 2.13. The lowest BCUT2D eigenvalue weighted by molar-refractivity contribution is -0.116. The molecule has 25 heavy (non-hydrogen) atoms. The zero-order valence-corrected chi connectivity index (χ0v) is 13.9. The quantitative estimate of drug-likeness (QED) is 0.705. The molecular formula is C20H19N3O2. The monoisotopic (exact) mass is 333 g/mol. The summed E-state index contributed by atoms with van der Waals surface area (Å²) in [5, 5.41) is 7.06. The van der Waals surface area contributed by atoms with Gasteiger partial charge in [-0.1, -0.05) is 24.3 Å². The molecule has 0 unspecified atom stereocenters. The maximum atomic E-state index is 12.0. The fraction of sp³-hybridized carbons (Fsp3) is 0.100. The Morgan fingerprint density at radius 1 is 1.20 bits per heavy atom. The first-order chi connectivity index (χ1) is 12.2. The van der Waals surface area contributed by atoms with Crippen LogP contribution < -0.4 is 10.1 Å². The molecule has 0 atom stereocenters. The van der Waals surface area contributed by atoms with E-state index in [2.05, 4.69) is 10.4 Å². The van der Waals surface area contributed by atoms with Crippen LogP contribution in [0.4, 0.5) is 0 Å². The number of hydrogen-bond donors (Lipinski definition) is 1. The van der Waals surface area contributed by atoms with E-state index in [9.17, 15) is 4.79 Å². The second-order valence-corrected chi connectivity index (χ2v) is 5.44. The highest BCUT2D eigenvalue weighted by Gasteiger charge is 2.00. The van der Waals surface area contributed by atoms with E-state index in [1.165, 1.54) is 6.08 Å². The van der Waals surface area contributed by atoms with Gasteiger partial charge in [-0.05, 0) is 47.5 Å². The van der Waals surface area contributed by atoms with Crippen molar-refractivity contribution >= 4 is 12.0 Å². The third kappa shape index (κ3) is 4.57. The lowest BCUT2D eigenvalue weighted by atomic mass is 10.2. The molecule has 5 nitrogen and oxygen atoms in total. The number of nitrogens with one attached hydrogen (secondary N) is 1. The molecule has 2 aromatic carbocycles. The second kappa shape index (κ2) is 7.97. The smallest absolute Gasteiger partial charge is 0.244 e. The van der Waals surface area contributed by atoms with E-state index < -0.39 is 0 Å². The van der Waals surface area contributed by atoms with Crippen molar-refractivity contribution in [2.75, 3.05) is 7.11 Å². The zero-order chi connectivity index (χ0) is 17.5. The number of carbonyl (C=O) groups is 1. The van der Waals surface area contributed by atoms with Crippen LogP contribution in [0.3, 0.4) is 0 Å². The van der Waals surface area contributed by atoms with Crippen molar-refractivity contribution in [3.63, 3.8) is 0 Å². The number of methoxy groups -OCH3 is 1. The molecule has 5 heteroatoms. The van der Waals surface area contributed by atoms with Crippen LogP contribution in [0.15, 0.2) is 73.1 Å². The Balaban J connectivity index is 1.54. The third-order valence-electron chi connectivity index (χ3n) is 3.69. The summed E-state index contributed by atoms with van der Waals surface area (Å²) < 4.78 is 6.95. The molecule has 0 bridgehead atoms. The van der Waals surface area contributed by atoms with Gasteiger partial charge < -0.3 is 10.1 Å². The Morgan fingerprint density at radius 3 is 2.76 bits per heavy atom. The largest absolute Gasteiger partial charge is 0.497 e. The van der Waals surface area contributed by atoms with Gasteiger partial charge in [-0.15, -0.1) is 0 Å². The number of hydrogen-bond acceptors (Lipinski definition) is 3. The van der Waals surface area contributed by atoms with Crippen LogP contribution in [0.1, 0.15) is 11.1 Å². The average molecular weight is 333 g/mol. The minimum atomic E-state index is -0.140. The molecule has 0 aliphatic carbocycles. The van der Waals surface area contributed by atoms with Crippen molar-refractivity contribution in [1.29, 1.82) is 0 Å². The van der Waals surface area contributed by atoms with Crippen LogP contribution in [-0.4, -0.2) is 22.8 Å². The molecule has 0 spiro atoms. The molecule has 0 aliphatic rings. The van der Waals surface area contributed by atoms with E-state index >= 15 is 0 Å². The van der Waals surface area contributed by atoms with Gasteiger partial charge in [0.05, 0.1) is 12.8 Å². The Morgan fingerprint density at radius 2 is 2.04 bits per heavy atom. The van der Waals surface area contributed by atoms with E-state index in [0.717, 1.165) is 22.6 Å². The van der Waals surface area contributed by atoms with Crippen LogP contribution in [0.25, 0.3) is 11.8 Å². The van der Waals surface area contributed by atoms with Crippen LogP contribution in [-0.2, 0) is 11.3 Å². The van der Waals surface area contributed by atoms with Crippen molar-refractivity contribution in [3.8, 4) is 11.4 Å². The Kier molecular flexibility index (Phi) is 5.26. The first-order valence-electron chi connectivity index (χ1n) is 7.93. The Bertz CT molecular complexity index is 853.